The first kappa shape index (κ1) is 21.1. The van der Waals surface area contributed by atoms with Crippen LogP contribution in [0.4, 0.5) is 0 Å². The second-order valence-corrected chi connectivity index (χ2v) is 17.4. The minimum atomic E-state index is -2.45. The molecular formula is C28H18S5Si. The lowest BCUT2D eigenvalue weighted by Gasteiger charge is -2.36. The summed E-state index contributed by atoms with van der Waals surface area (Å²) in [5.41, 5.74) is 0. The molecule has 1 aliphatic rings. The number of hydrogen-bond donors (Lipinski definition) is 0. The van der Waals surface area contributed by atoms with Crippen LogP contribution in [-0.4, -0.2) is 8.07 Å². The van der Waals surface area contributed by atoms with Gasteiger partial charge in [0.2, 0.25) is 0 Å². The van der Waals surface area contributed by atoms with Crippen molar-refractivity contribution in [3.63, 3.8) is 0 Å². The molecule has 6 heteroatoms. The van der Waals surface area contributed by atoms with Gasteiger partial charge in [-0.2, -0.15) is 0 Å². The van der Waals surface area contributed by atoms with Crippen molar-refractivity contribution in [2.75, 3.05) is 0 Å². The van der Waals surface area contributed by atoms with Gasteiger partial charge in [-0.3, -0.25) is 0 Å². The summed E-state index contributed by atoms with van der Waals surface area (Å²) in [5.74, 6) is 0. The summed E-state index contributed by atoms with van der Waals surface area (Å²) in [6.07, 6.45) is 0. The van der Waals surface area contributed by atoms with Crippen LogP contribution < -0.4 is 20.7 Å². The van der Waals surface area contributed by atoms with E-state index >= 15 is 0 Å². The molecule has 7 rings (SSSR count). The normalized spacial score (nSPS) is 14.0. The van der Waals surface area contributed by atoms with E-state index in [0.717, 1.165) is 0 Å². The molecule has 4 aromatic heterocycles. The highest BCUT2D eigenvalue weighted by Gasteiger charge is 2.49. The summed E-state index contributed by atoms with van der Waals surface area (Å²) in [6.45, 7) is 0. The molecule has 0 radical (unpaired) electrons. The van der Waals surface area contributed by atoms with Crippen molar-refractivity contribution in [2.45, 2.75) is 8.42 Å². The van der Waals surface area contributed by atoms with Crippen molar-refractivity contribution in [3.8, 4) is 19.5 Å². The van der Waals surface area contributed by atoms with Gasteiger partial charge in [0.15, 0.2) is 8.07 Å². The summed E-state index contributed by atoms with van der Waals surface area (Å²) in [5, 5.41) is 10.4. The lowest BCUT2D eigenvalue weighted by molar-refractivity contribution is 1.62. The number of rotatable bonds is 4. The standard InChI is InChI=1S/C28H18S5Si/c1-3-9-19(10-4-1)34(20-11-5-2-6-12-20)25-17-23(21-13-7-15-29-21)31-27(25)33-28-26(34)18-24(32-28)22-14-8-16-30-22/h1-18H. The summed E-state index contributed by atoms with van der Waals surface area (Å²) < 4.78 is 2.93. The van der Waals surface area contributed by atoms with Gasteiger partial charge < -0.3 is 0 Å². The van der Waals surface area contributed by atoms with E-state index in [4.69, 9.17) is 0 Å². The number of thiophene rings is 4. The molecule has 34 heavy (non-hydrogen) atoms. The quantitative estimate of drug-likeness (QED) is 0.214. The Hall–Kier alpha value is -2.19. The second-order valence-electron chi connectivity index (χ2n) is 8.16. The molecular weight excluding hydrogens is 525 g/mol. The maximum absolute atomic E-state index is 2.52. The molecule has 6 aromatic rings. The van der Waals surface area contributed by atoms with Crippen molar-refractivity contribution < 1.29 is 0 Å². The fourth-order valence-corrected chi connectivity index (χ4v) is 17.4. The zero-order valence-corrected chi connectivity index (χ0v) is 23.0. The highest BCUT2D eigenvalue weighted by molar-refractivity contribution is 8.04. The van der Waals surface area contributed by atoms with E-state index in [9.17, 15) is 0 Å². The lowest BCUT2D eigenvalue weighted by Crippen LogP contribution is -2.75. The van der Waals surface area contributed by atoms with E-state index in [0.29, 0.717) is 0 Å². The van der Waals surface area contributed by atoms with E-state index in [2.05, 4.69) is 108 Å². The van der Waals surface area contributed by atoms with Crippen molar-refractivity contribution in [2.24, 2.45) is 0 Å². The van der Waals surface area contributed by atoms with Gasteiger partial charge in [-0.05, 0) is 55.8 Å². The van der Waals surface area contributed by atoms with Crippen LogP contribution in [0.1, 0.15) is 0 Å². The molecule has 0 amide bonds. The third-order valence-electron chi connectivity index (χ3n) is 6.33. The van der Waals surface area contributed by atoms with Crippen LogP contribution in [-0.2, 0) is 0 Å². The molecule has 0 saturated carbocycles. The van der Waals surface area contributed by atoms with Crippen molar-refractivity contribution in [1.82, 2.24) is 0 Å². The molecule has 164 valence electrons. The zero-order valence-electron chi connectivity index (χ0n) is 17.9. The molecule has 0 unspecified atom stereocenters. The Bertz CT molecular complexity index is 1440. The van der Waals surface area contributed by atoms with E-state index in [1.54, 1.807) is 10.4 Å². The van der Waals surface area contributed by atoms with Crippen LogP contribution in [0.3, 0.4) is 0 Å². The summed E-state index contributed by atoms with van der Waals surface area (Å²) in [4.78, 5) is 5.52. The first-order valence-corrected chi connectivity index (χ1v) is 17.2. The maximum Gasteiger partial charge on any atom is 0.183 e. The van der Waals surface area contributed by atoms with E-state index < -0.39 is 8.07 Å². The second kappa shape index (κ2) is 8.48. The molecule has 0 bridgehead atoms. The summed E-state index contributed by atoms with van der Waals surface area (Å²) in [6, 6.07) is 36.5. The summed E-state index contributed by atoms with van der Waals surface area (Å²) in [7, 11) is -2.45. The van der Waals surface area contributed by atoms with Crippen LogP contribution in [0.15, 0.2) is 116 Å². The molecule has 1 aliphatic heterocycles. The highest BCUT2D eigenvalue weighted by Crippen LogP contribution is 2.46. The maximum atomic E-state index is 2.52. The molecule has 0 nitrogen and oxygen atoms in total. The predicted molar refractivity (Wildman–Crippen MR) is 157 cm³/mol. The van der Waals surface area contributed by atoms with Crippen molar-refractivity contribution in [1.29, 1.82) is 0 Å². The van der Waals surface area contributed by atoms with Crippen molar-refractivity contribution >= 4 is 85.9 Å². The Balaban J connectivity index is 1.58. The van der Waals surface area contributed by atoms with Gasteiger partial charge in [-0.15, -0.1) is 45.3 Å². The number of fused-ring (bicyclic) bond motifs is 2. The van der Waals surface area contributed by atoms with E-state index in [1.807, 2.05) is 57.1 Å². The topological polar surface area (TPSA) is 0 Å². The van der Waals surface area contributed by atoms with Crippen LogP contribution in [0.25, 0.3) is 19.5 Å². The predicted octanol–water partition coefficient (Wildman–Crippen LogP) is 7.11. The van der Waals surface area contributed by atoms with Crippen LogP contribution in [0.5, 0.6) is 0 Å². The van der Waals surface area contributed by atoms with Crippen LogP contribution in [0, 0.1) is 0 Å². The molecule has 0 spiro atoms. The molecule has 0 aliphatic carbocycles. The average molecular weight is 543 g/mol. The molecule has 5 heterocycles. The Kier molecular flexibility index (Phi) is 5.27. The Morgan fingerprint density at radius 2 is 0.941 bits per heavy atom. The Morgan fingerprint density at radius 1 is 0.471 bits per heavy atom. The van der Waals surface area contributed by atoms with E-state index in [-0.39, 0.29) is 0 Å². The van der Waals surface area contributed by atoms with E-state index in [1.165, 1.54) is 38.3 Å². The molecule has 0 atom stereocenters. The molecule has 0 fully saturated rings. The van der Waals surface area contributed by atoms with Crippen LogP contribution >= 0.6 is 57.1 Å². The fraction of sp³-hybridized carbons (Fsp3) is 0. The Morgan fingerprint density at radius 3 is 1.35 bits per heavy atom. The first-order chi connectivity index (χ1) is 16.8. The molecule has 2 aromatic carbocycles. The molecule has 0 saturated heterocycles. The van der Waals surface area contributed by atoms with Crippen molar-refractivity contribution in [3.05, 3.63) is 108 Å². The minimum Gasteiger partial charge on any atom is -0.143 e. The third kappa shape index (κ3) is 3.21. The van der Waals surface area contributed by atoms with Gasteiger partial charge in [0.1, 0.15) is 0 Å². The van der Waals surface area contributed by atoms with Gasteiger partial charge in [0, 0.05) is 19.5 Å². The van der Waals surface area contributed by atoms with Gasteiger partial charge >= 0.3 is 0 Å². The fourth-order valence-electron chi connectivity index (χ4n) is 4.90. The SMILES string of the molecule is c1ccc([Si]2(c3ccccc3)c3cc(-c4cccs4)sc3Sc3sc(-c4cccs4)cc32)cc1. The number of hydrogen-bond acceptors (Lipinski definition) is 5. The van der Waals surface area contributed by atoms with Gasteiger partial charge in [0.05, 0.1) is 8.42 Å². The smallest absolute Gasteiger partial charge is 0.143 e. The number of benzene rings is 2. The highest BCUT2D eigenvalue weighted by atomic mass is 32.2. The third-order valence-corrected chi connectivity index (χ3v) is 17.7. The largest absolute Gasteiger partial charge is 0.183 e. The van der Waals surface area contributed by atoms with Gasteiger partial charge in [0.25, 0.3) is 0 Å². The lowest BCUT2D eigenvalue weighted by atomic mass is 10.3. The summed E-state index contributed by atoms with van der Waals surface area (Å²) >= 11 is 9.61. The van der Waals surface area contributed by atoms with Gasteiger partial charge in [-0.1, -0.05) is 84.6 Å². The molecule has 0 N–H and O–H groups in total. The monoisotopic (exact) mass is 542 g/mol. The van der Waals surface area contributed by atoms with Crippen LogP contribution in [0.2, 0.25) is 0 Å². The van der Waals surface area contributed by atoms with Gasteiger partial charge in [-0.25, -0.2) is 0 Å². The average Bonchev–Trinajstić information content (AvgIpc) is 3.68. The Labute approximate surface area is 220 Å². The zero-order chi connectivity index (χ0) is 22.5. The minimum absolute atomic E-state index is 1.37. The first-order valence-electron chi connectivity index (χ1n) is 11.0.